The van der Waals surface area contributed by atoms with Crippen LogP contribution in [0.5, 0.6) is 11.5 Å². The lowest BCUT2D eigenvalue weighted by Crippen LogP contribution is -2.22. The maximum absolute atomic E-state index is 12.6. The van der Waals surface area contributed by atoms with Crippen molar-refractivity contribution < 1.29 is 22.7 Å². The third-order valence-electron chi connectivity index (χ3n) is 5.14. The predicted molar refractivity (Wildman–Crippen MR) is 137 cm³/mol. The van der Waals surface area contributed by atoms with Crippen molar-refractivity contribution in [3.05, 3.63) is 76.3 Å². The zero-order chi connectivity index (χ0) is 24.7. The third kappa shape index (κ3) is 6.51. The van der Waals surface area contributed by atoms with Crippen molar-refractivity contribution in [1.82, 2.24) is 0 Å². The highest BCUT2D eigenvalue weighted by Gasteiger charge is 2.15. The fourth-order valence-electron chi connectivity index (χ4n) is 3.36. The van der Waals surface area contributed by atoms with Crippen LogP contribution < -0.4 is 19.5 Å². The van der Waals surface area contributed by atoms with E-state index in [1.807, 2.05) is 26.0 Å². The molecular weight excluding hydrogens is 520 g/mol. The molecule has 0 aliphatic rings. The van der Waals surface area contributed by atoms with Crippen LogP contribution in [-0.4, -0.2) is 28.0 Å². The summed E-state index contributed by atoms with van der Waals surface area (Å²) in [4.78, 5) is 12.6. The molecular formula is C25H27BrN2O5S. The molecule has 3 aromatic carbocycles. The van der Waals surface area contributed by atoms with Gasteiger partial charge in [0.25, 0.3) is 15.9 Å². The lowest BCUT2D eigenvalue weighted by molar-refractivity contribution is -0.118. The molecule has 0 bridgehead atoms. The third-order valence-corrected chi connectivity index (χ3v) is 6.99. The fraction of sp³-hybridized carbons (Fsp3) is 0.240. The summed E-state index contributed by atoms with van der Waals surface area (Å²) in [5.74, 6) is 0.732. The molecule has 3 aromatic rings. The Morgan fingerprint density at radius 3 is 2.00 bits per heavy atom. The first-order valence-electron chi connectivity index (χ1n) is 10.8. The molecule has 0 saturated carbocycles. The van der Waals surface area contributed by atoms with Crippen molar-refractivity contribution >= 4 is 43.2 Å². The van der Waals surface area contributed by atoms with Crippen molar-refractivity contribution in [1.29, 1.82) is 0 Å². The summed E-state index contributed by atoms with van der Waals surface area (Å²) in [7, 11) is -2.23. The molecule has 0 radical (unpaired) electrons. The van der Waals surface area contributed by atoms with Crippen LogP contribution in [0.1, 0.15) is 25.0 Å². The number of sulfonamides is 1. The second-order valence-corrected chi connectivity index (χ2v) is 10.0. The average Bonchev–Trinajstić information content (AvgIpc) is 2.84. The lowest BCUT2D eigenvalue weighted by Gasteiger charge is -2.16. The zero-order valence-electron chi connectivity index (χ0n) is 19.2. The predicted octanol–water partition coefficient (Wildman–Crippen LogP) is 5.40. The molecule has 0 aliphatic heterocycles. The van der Waals surface area contributed by atoms with Gasteiger partial charge in [-0.25, -0.2) is 8.42 Å². The van der Waals surface area contributed by atoms with E-state index in [9.17, 15) is 13.2 Å². The summed E-state index contributed by atoms with van der Waals surface area (Å²) in [6.07, 6.45) is 1.56. The SMILES string of the molecule is CCc1cc(Br)cc(CC)c1NC(=O)COc1ccc(S(=O)(=O)Nc2ccc(OC)cc2)cc1. The molecule has 0 aromatic heterocycles. The number of carbonyl (C=O) groups is 1. The Morgan fingerprint density at radius 1 is 0.912 bits per heavy atom. The Bertz CT molecular complexity index is 1220. The van der Waals surface area contributed by atoms with Crippen molar-refractivity contribution in [2.75, 3.05) is 23.8 Å². The smallest absolute Gasteiger partial charge is 0.262 e. The molecule has 0 atom stereocenters. The Hall–Kier alpha value is -3.04. The van der Waals surface area contributed by atoms with E-state index in [0.717, 1.165) is 34.1 Å². The van der Waals surface area contributed by atoms with E-state index in [4.69, 9.17) is 9.47 Å². The van der Waals surface area contributed by atoms with Gasteiger partial charge in [0, 0.05) is 15.8 Å². The largest absolute Gasteiger partial charge is 0.497 e. The highest BCUT2D eigenvalue weighted by Crippen LogP contribution is 2.28. The van der Waals surface area contributed by atoms with Crippen molar-refractivity contribution in [3.8, 4) is 11.5 Å². The summed E-state index contributed by atoms with van der Waals surface area (Å²) < 4.78 is 39.4. The highest BCUT2D eigenvalue weighted by molar-refractivity contribution is 9.10. The Balaban J connectivity index is 1.62. The first-order chi connectivity index (χ1) is 16.2. The van der Waals surface area contributed by atoms with Crippen molar-refractivity contribution in [3.63, 3.8) is 0 Å². The molecule has 0 saturated heterocycles. The molecule has 0 spiro atoms. The number of aryl methyl sites for hydroxylation is 2. The molecule has 9 heteroatoms. The van der Waals surface area contributed by atoms with E-state index >= 15 is 0 Å². The van der Waals surface area contributed by atoms with Crippen LogP contribution in [0.4, 0.5) is 11.4 Å². The number of rotatable bonds is 10. The minimum atomic E-state index is -3.77. The van der Waals surface area contributed by atoms with Gasteiger partial charge in [-0.15, -0.1) is 0 Å². The van der Waals surface area contributed by atoms with E-state index in [-0.39, 0.29) is 17.4 Å². The van der Waals surface area contributed by atoms with Gasteiger partial charge in [-0.1, -0.05) is 29.8 Å². The number of methoxy groups -OCH3 is 1. The van der Waals surface area contributed by atoms with Gasteiger partial charge in [0.2, 0.25) is 0 Å². The first-order valence-corrected chi connectivity index (χ1v) is 13.0. The number of anilines is 2. The van der Waals surface area contributed by atoms with Crippen LogP contribution in [0.25, 0.3) is 0 Å². The molecule has 2 N–H and O–H groups in total. The minimum absolute atomic E-state index is 0.0788. The Kier molecular flexibility index (Phi) is 8.57. The zero-order valence-corrected chi connectivity index (χ0v) is 21.6. The first kappa shape index (κ1) is 25.6. The number of hydrogen-bond donors (Lipinski definition) is 2. The van der Waals surface area contributed by atoms with E-state index in [1.165, 1.54) is 31.4 Å². The second kappa shape index (κ2) is 11.4. The van der Waals surface area contributed by atoms with Gasteiger partial charge in [-0.2, -0.15) is 0 Å². The van der Waals surface area contributed by atoms with Crippen LogP contribution in [0.15, 0.2) is 70.0 Å². The quantitative estimate of drug-likeness (QED) is 0.355. The summed E-state index contributed by atoms with van der Waals surface area (Å²) in [6.45, 7) is 3.87. The number of hydrogen-bond acceptors (Lipinski definition) is 5. The number of nitrogens with one attached hydrogen (secondary N) is 2. The highest BCUT2D eigenvalue weighted by atomic mass is 79.9. The van der Waals surface area contributed by atoms with Gasteiger partial charge in [-0.3, -0.25) is 9.52 Å². The molecule has 0 aliphatic carbocycles. The summed E-state index contributed by atoms with van der Waals surface area (Å²) in [6, 6.07) is 16.5. The van der Waals surface area contributed by atoms with Crippen LogP contribution >= 0.6 is 15.9 Å². The summed E-state index contributed by atoms with van der Waals surface area (Å²) >= 11 is 3.51. The van der Waals surface area contributed by atoms with E-state index < -0.39 is 10.0 Å². The Morgan fingerprint density at radius 2 is 1.47 bits per heavy atom. The normalized spacial score (nSPS) is 11.1. The molecule has 0 heterocycles. The van der Waals surface area contributed by atoms with E-state index in [0.29, 0.717) is 17.2 Å². The van der Waals surface area contributed by atoms with Crippen LogP contribution in [0, 0.1) is 0 Å². The van der Waals surface area contributed by atoms with Crippen LogP contribution in [-0.2, 0) is 27.7 Å². The van der Waals surface area contributed by atoms with Gasteiger partial charge in [-0.05, 0) is 84.6 Å². The fourth-order valence-corrected chi connectivity index (χ4v) is 4.97. The van der Waals surface area contributed by atoms with Gasteiger partial charge in [0.15, 0.2) is 6.61 Å². The van der Waals surface area contributed by atoms with Gasteiger partial charge in [0.05, 0.1) is 12.0 Å². The van der Waals surface area contributed by atoms with Crippen molar-refractivity contribution in [2.45, 2.75) is 31.6 Å². The number of benzene rings is 3. The molecule has 180 valence electrons. The summed E-state index contributed by atoms with van der Waals surface area (Å²) in [5.41, 5.74) is 3.31. The molecule has 0 unspecified atom stereocenters. The number of amides is 1. The second-order valence-electron chi connectivity index (χ2n) is 7.45. The monoisotopic (exact) mass is 546 g/mol. The molecule has 3 rings (SSSR count). The maximum Gasteiger partial charge on any atom is 0.262 e. The number of ether oxygens (including phenoxy) is 2. The van der Waals surface area contributed by atoms with Gasteiger partial charge < -0.3 is 14.8 Å². The van der Waals surface area contributed by atoms with Crippen LogP contribution in [0.3, 0.4) is 0 Å². The molecule has 0 fully saturated rings. The number of carbonyl (C=O) groups excluding carboxylic acids is 1. The molecule has 34 heavy (non-hydrogen) atoms. The van der Waals surface area contributed by atoms with Crippen molar-refractivity contribution in [2.24, 2.45) is 0 Å². The standard InChI is InChI=1S/C25H27BrN2O5S/c1-4-17-14-19(26)15-18(5-2)25(17)27-24(29)16-33-22-10-12-23(13-11-22)34(30,31)28-20-6-8-21(32-3)9-7-20/h6-15,28H,4-5,16H2,1-3H3,(H,27,29). The van der Waals surface area contributed by atoms with Crippen LogP contribution in [0.2, 0.25) is 0 Å². The summed E-state index contributed by atoms with van der Waals surface area (Å²) in [5, 5.41) is 2.95. The minimum Gasteiger partial charge on any atom is -0.497 e. The number of halogens is 1. The van der Waals surface area contributed by atoms with E-state index in [2.05, 4.69) is 26.0 Å². The lowest BCUT2D eigenvalue weighted by atomic mass is 10.0. The van der Waals surface area contributed by atoms with Gasteiger partial charge >= 0.3 is 0 Å². The van der Waals surface area contributed by atoms with E-state index in [1.54, 1.807) is 24.3 Å². The van der Waals surface area contributed by atoms with Gasteiger partial charge in [0.1, 0.15) is 11.5 Å². The maximum atomic E-state index is 12.6. The average molecular weight is 547 g/mol. The molecule has 7 nitrogen and oxygen atoms in total. The molecule has 1 amide bonds. The Labute approximate surface area is 208 Å². The topological polar surface area (TPSA) is 93.7 Å².